The van der Waals surface area contributed by atoms with Crippen LogP contribution in [0.1, 0.15) is 24.0 Å². The standard InChI is InChI=1S/C23H20ClFN4O2/c24-18-7-3-5-15(22(18)25)12-27-23(31)20-9-4-10-29(20)21(30)14-28-13-16(11-26)17-6-1-2-8-19(17)28/h1-3,5-8,13,20H,4,9-10,12,14H2,(H,27,31)/t20-/m0/s1. The first kappa shape index (κ1) is 20.9. The van der Waals surface area contributed by atoms with Gasteiger partial charge in [0.2, 0.25) is 11.8 Å². The molecule has 8 heteroatoms. The number of nitrogens with one attached hydrogen (secondary N) is 1. The van der Waals surface area contributed by atoms with Crippen LogP contribution in [0.25, 0.3) is 10.9 Å². The molecule has 0 saturated carbocycles. The van der Waals surface area contributed by atoms with Gasteiger partial charge in [-0.2, -0.15) is 5.26 Å². The molecule has 0 unspecified atom stereocenters. The van der Waals surface area contributed by atoms with Crippen molar-refractivity contribution in [2.75, 3.05) is 6.54 Å². The van der Waals surface area contributed by atoms with Crippen LogP contribution in [0.2, 0.25) is 5.02 Å². The zero-order chi connectivity index (χ0) is 22.0. The van der Waals surface area contributed by atoms with E-state index in [0.29, 0.717) is 30.5 Å². The molecule has 1 aliphatic heterocycles. The quantitative estimate of drug-likeness (QED) is 0.661. The Bertz CT molecular complexity index is 1200. The number of carbonyl (C=O) groups is 2. The molecule has 0 bridgehead atoms. The van der Waals surface area contributed by atoms with Crippen molar-refractivity contribution < 1.29 is 14.0 Å². The number of likely N-dealkylation sites (tertiary alicyclic amines) is 1. The van der Waals surface area contributed by atoms with Gasteiger partial charge < -0.3 is 14.8 Å². The monoisotopic (exact) mass is 438 g/mol. The summed E-state index contributed by atoms with van der Waals surface area (Å²) in [7, 11) is 0. The lowest BCUT2D eigenvalue weighted by Crippen LogP contribution is -2.46. The largest absolute Gasteiger partial charge is 0.350 e. The summed E-state index contributed by atoms with van der Waals surface area (Å²) in [4.78, 5) is 27.3. The molecule has 2 heterocycles. The van der Waals surface area contributed by atoms with Gasteiger partial charge in [0.25, 0.3) is 0 Å². The lowest BCUT2D eigenvalue weighted by Gasteiger charge is -2.24. The highest BCUT2D eigenvalue weighted by atomic mass is 35.5. The maximum absolute atomic E-state index is 14.1. The average molecular weight is 439 g/mol. The number of rotatable bonds is 5. The summed E-state index contributed by atoms with van der Waals surface area (Å²) in [5, 5.41) is 12.9. The van der Waals surface area contributed by atoms with Gasteiger partial charge in [-0.05, 0) is 25.0 Å². The average Bonchev–Trinajstić information content (AvgIpc) is 3.40. The predicted octanol–water partition coefficient (Wildman–Crippen LogP) is 3.61. The third-order valence-electron chi connectivity index (χ3n) is 5.58. The number of fused-ring (bicyclic) bond motifs is 1. The summed E-state index contributed by atoms with van der Waals surface area (Å²) in [5.74, 6) is -1.08. The topological polar surface area (TPSA) is 78.1 Å². The number of hydrogen-bond donors (Lipinski definition) is 1. The molecule has 1 fully saturated rings. The lowest BCUT2D eigenvalue weighted by atomic mass is 10.1. The minimum absolute atomic E-state index is 0.0000992. The highest BCUT2D eigenvalue weighted by Crippen LogP contribution is 2.23. The molecule has 0 spiro atoms. The zero-order valence-corrected chi connectivity index (χ0v) is 17.4. The molecule has 1 aliphatic rings. The number of benzene rings is 2. The maximum atomic E-state index is 14.1. The van der Waals surface area contributed by atoms with E-state index in [4.69, 9.17) is 11.6 Å². The number of nitrogens with zero attached hydrogens (tertiary/aromatic N) is 3. The van der Waals surface area contributed by atoms with E-state index in [1.54, 1.807) is 27.8 Å². The van der Waals surface area contributed by atoms with Gasteiger partial charge in [0.15, 0.2) is 0 Å². The number of amides is 2. The molecule has 1 N–H and O–H groups in total. The van der Waals surface area contributed by atoms with Gasteiger partial charge in [0, 0.05) is 35.8 Å². The Balaban J connectivity index is 1.46. The van der Waals surface area contributed by atoms with Crippen LogP contribution in [0.5, 0.6) is 0 Å². The molecule has 4 rings (SSSR count). The van der Waals surface area contributed by atoms with Gasteiger partial charge in [-0.3, -0.25) is 9.59 Å². The van der Waals surface area contributed by atoms with Crippen LogP contribution in [0.4, 0.5) is 4.39 Å². The number of aromatic nitrogens is 1. The number of nitriles is 1. The van der Waals surface area contributed by atoms with Crippen molar-refractivity contribution in [3.05, 3.63) is 70.6 Å². The number of carbonyl (C=O) groups excluding carboxylic acids is 2. The number of halogens is 2. The Kier molecular flexibility index (Phi) is 5.92. The van der Waals surface area contributed by atoms with E-state index in [2.05, 4.69) is 11.4 Å². The third kappa shape index (κ3) is 4.12. The minimum atomic E-state index is -0.605. The summed E-state index contributed by atoms with van der Waals surface area (Å²) >= 11 is 5.79. The zero-order valence-electron chi connectivity index (χ0n) is 16.6. The van der Waals surface area contributed by atoms with E-state index in [0.717, 1.165) is 10.9 Å². The van der Waals surface area contributed by atoms with Crippen molar-refractivity contribution in [1.29, 1.82) is 5.26 Å². The van der Waals surface area contributed by atoms with Crippen LogP contribution in [0, 0.1) is 17.1 Å². The fraction of sp³-hybridized carbons (Fsp3) is 0.261. The Labute approximate surface area is 183 Å². The Morgan fingerprint density at radius 2 is 2.03 bits per heavy atom. The second-order valence-electron chi connectivity index (χ2n) is 7.48. The second-order valence-corrected chi connectivity index (χ2v) is 7.88. The Morgan fingerprint density at radius 3 is 2.84 bits per heavy atom. The van der Waals surface area contributed by atoms with Gasteiger partial charge in [0.05, 0.1) is 10.6 Å². The Hall–Kier alpha value is -3.37. The van der Waals surface area contributed by atoms with Crippen molar-refractivity contribution in [3.8, 4) is 6.07 Å². The molecule has 0 radical (unpaired) electrons. The van der Waals surface area contributed by atoms with Crippen molar-refractivity contribution >= 4 is 34.3 Å². The highest BCUT2D eigenvalue weighted by molar-refractivity contribution is 6.30. The molecular formula is C23H20ClFN4O2. The van der Waals surface area contributed by atoms with E-state index >= 15 is 0 Å². The van der Waals surface area contributed by atoms with Crippen LogP contribution in [0.3, 0.4) is 0 Å². The number of hydrogen-bond acceptors (Lipinski definition) is 3. The maximum Gasteiger partial charge on any atom is 0.243 e. The van der Waals surface area contributed by atoms with Gasteiger partial charge in [0.1, 0.15) is 24.5 Å². The SMILES string of the molecule is N#Cc1cn(CC(=O)N2CCC[C@H]2C(=O)NCc2cccc(Cl)c2F)c2ccccc12. The molecule has 6 nitrogen and oxygen atoms in total. The summed E-state index contributed by atoms with van der Waals surface area (Å²) < 4.78 is 15.8. The molecular weight excluding hydrogens is 419 g/mol. The first-order valence-electron chi connectivity index (χ1n) is 9.97. The Morgan fingerprint density at radius 1 is 1.23 bits per heavy atom. The minimum Gasteiger partial charge on any atom is -0.350 e. The van der Waals surface area contributed by atoms with E-state index in [1.807, 2.05) is 24.3 Å². The summed E-state index contributed by atoms with van der Waals surface area (Å²) in [6, 6.07) is 13.6. The summed E-state index contributed by atoms with van der Waals surface area (Å²) in [6.07, 6.45) is 2.92. The van der Waals surface area contributed by atoms with Crippen LogP contribution < -0.4 is 5.32 Å². The summed E-state index contributed by atoms with van der Waals surface area (Å²) in [5.41, 5.74) is 1.59. The normalized spacial score (nSPS) is 15.8. The molecule has 1 aromatic heterocycles. The van der Waals surface area contributed by atoms with Crippen LogP contribution in [-0.2, 0) is 22.7 Å². The predicted molar refractivity (Wildman–Crippen MR) is 115 cm³/mol. The third-order valence-corrected chi connectivity index (χ3v) is 5.87. The van der Waals surface area contributed by atoms with Crippen LogP contribution >= 0.6 is 11.6 Å². The van der Waals surface area contributed by atoms with E-state index in [9.17, 15) is 19.2 Å². The van der Waals surface area contributed by atoms with E-state index < -0.39 is 11.9 Å². The fourth-order valence-corrected chi connectivity index (χ4v) is 4.22. The van der Waals surface area contributed by atoms with Crippen molar-refractivity contribution in [1.82, 2.24) is 14.8 Å². The first-order valence-corrected chi connectivity index (χ1v) is 10.4. The fourth-order valence-electron chi connectivity index (χ4n) is 4.03. The first-order chi connectivity index (χ1) is 15.0. The molecule has 1 saturated heterocycles. The lowest BCUT2D eigenvalue weighted by molar-refractivity contribution is -0.138. The van der Waals surface area contributed by atoms with Gasteiger partial charge in [-0.1, -0.05) is 41.9 Å². The molecule has 2 amide bonds. The van der Waals surface area contributed by atoms with Gasteiger partial charge in [-0.25, -0.2) is 4.39 Å². The van der Waals surface area contributed by atoms with Crippen molar-refractivity contribution in [2.45, 2.75) is 32.0 Å². The molecule has 0 aliphatic carbocycles. The number of para-hydroxylation sites is 1. The molecule has 31 heavy (non-hydrogen) atoms. The van der Waals surface area contributed by atoms with E-state index in [-0.39, 0.29) is 29.9 Å². The molecule has 1 atom stereocenters. The molecule has 2 aromatic carbocycles. The smallest absolute Gasteiger partial charge is 0.243 e. The van der Waals surface area contributed by atoms with Gasteiger partial charge >= 0.3 is 0 Å². The van der Waals surface area contributed by atoms with Crippen LogP contribution in [-0.4, -0.2) is 33.9 Å². The van der Waals surface area contributed by atoms with Crippen molar-refractivity contribution in [2.24, 2.45) is 0 Å². The van der Waals surface area contributed by atoms with E-state index in [1.165, 1.54) is 6.07 Å². The van der Waals surface area contributed by atoms with Crippen LogP contribution in [0.15, 0.2) is 48.7 Å². The van der Waals surface area contributed by atoms with Gasteiger partial charge in [-0.15, -0.1) is 0 Å². The molecule has 3 aromatic rings. The van der Waals surface area contributed by atoms with Crippen molar-refractivity contribution in [3.63, 3.8) is 0 Å². The highest BCUT2D eigenvalue weighted by Gasteiger charge is 2.34. The second kappa shape index (κ2) is 8.78. The molecule has 158 valence electrons. The summed E-state index contributed by atoms with van der Waals surface area (Å²) in [6.45, 7) is 0.513.